The van der Waals surface area contributed by atoms with Crippen molar-refractivity contribution in [2.24, 2.45) is 5.73 Å². The fourth-order valence-corrected chi connectivity index (χ4v) is 4.60. The Morgan fingerprint density at radius 3 is 2.15 bits per heavy atom. The Morgan fingerprint density at radius 1 is 0.650 bits per heavy atom. The van der Waals surface area contributed by atoms with E-state index < -0.39 is 0 Å². The number of likely N-dealkylation sites (tertiary alicyclic amines) is 2. The van der Waals surface area contributed by atoms with Crippen molar-refractivity contribution in [1.82, 2.24) is 9.80 Å². The van der Waals surface area contributed by atoms with E-state index in [1.165, 1.54) is 90.4 Å². The van der Waals surface area contributed by atoms with Crippen LogP contribution in [0, 0.1) is 0 Å². The summed E-state index contributed by atoms with van der Waals surface area (Å²) in [5.74, 6) is 0. The van der Waals surface area contributed by atoms with Gasteiger partial charge < -0.3 is 5.73 Å². The van der Waals surface area contributed by atoms with Crippen LogP contribution < -0.4 is 5.73 Å². The highest BCUT2D eigenvalue weighted by molar-refractivity contribution is 4.92. The molecular weight excluding hydrogens is 246 g/mol. The van der Waals surface area contributed by atoms with Crippen molar-refractivity contribution in [3.05, 3.63) is 0 Å². The van der Waals surface area contributed by atoms with E-state index in [1.54, 1.807) is 0 Å². The molecule has 0 bridgehead atoms. The summed E-state index contributed by atoms with van der Waals surface area (Å²) >= 11 is 0. The lowest BCUT2D eigenvalue weighted by Gasteiger charge is -2.36. The Balaban J connectivity index is 1.54. The number of hydrogen-bond donors (Lipinski definition) is 1. The first-order valence-corrected chi connectivity index (χ1v) is 9.08. The normalized spacial score (nSPS) is 38.5. The van der Waals surface area contributed by atoms with E-state index in [4.69, 9.17) is 5.73 Å². The first kappa shape index (κ1) is 14.8. The fourth-order valence-electron chi connectivity index (χ4n) is 4.60. The van der Waals surface area contributed by atoms with Gasteiger partial charge in [0.2, 0.25) is 0 Å². The average Bonchev–Trinajstić information content (AvgIpc) is 2.94. The molecule has 3 atom stereocenters. The first-order chi connectivity index (χ1) is 9.84. The van der Waals surface area contributed by atoms with E-state index in [1.807, 2.05) is 0 Å². The van der Waals surface area contributed by atoms with Crippen LogP contribution in [0.4, 0.5) is 0 Å². The molecule has 3 fully saturated rings. The molecule has 0 radical (unpaired) electrons. The maximum absolute atomic E-state index is 6.50. The minimum absolute atomic E-state index is 0.426. The van der Waals surface area contributed by atoms with Gasteiger partial charge in [0.1, 0.15) is 0 Å². The lowest BCUT2D eigenvalue weighted by Crippen LogP contribution is -2.49. The number of nitrogens with zero attached hydrogens (tertiary/aromatic N) is 2. The third kappa shape index (κ3) is 3.55. The summed E-state index contributed by atoms with van der Waals surface area (Å²) in [6.07, 6.45) is 13.8. The maximum atomic E-state index is 6.50. The molecule has 0 spiro atoms. The molecule has 3 aliphatic rings. The van der Waals surface area contributed by atoms with Crippen LogP contribution in [0.2, 0.25) is 0 Å². The molecule has 1 aliphatic carbocycles. The lowest BCUT2D eigenvalue weighted by molar-refractivity contribution is 0.136. The van der Waals surface area contributed by atoms with Crippen molar-refractivity contribution >= 4 is 0 Å². The van der Waals surface area contributed by atoms with Crippen molar-refractivity contribution in [3.63, 3.8) is 0 Å². The van der Waals surface area contributed by atoms with Gasteiger partial charge in [0.15, 0.2) is 0 Å². The topological polar surface area (TPSA) is 32.5 Å². The van der Waals surface area contributed by atoms with E-state index in [-0.39, 0.29) is 0 Å². The SMILES string of the molecule is NC1CCCCCCC1N1CCC(N2CCCCC2)C1. The summed E-state index contributed by atoms with van der Waals surface area (Å²) in [7, 11) is 0. The molecule has 2 heterocycles. The standard InChI is InChI=1S/C17H33N3/c18-16-8-4-1-2-5-9-17(16)20-13-10-15(14-20)19-11-6-3-7-12-19/h15-17H,1-14,18H2. The monoisotopic (exact) mass is 279 g/mol. The van der Waals surface area contributed by atoms with Gasteiger partial charge in [0, 0.05) is 31.2 Å². The molecule has 3 nitrogen and oxygen atoms in total. The van der Waals surface area contributed by atoms with E-state index in [0.717, 1.165) is 6.04 Å². The van der Waals surface area contributed by atoms with Crippen molar-refractivity contribution in [1.29, 1.82) is 0 Å². The van der Waals surface area contributed by atoms with E-state index in [9.17, 15) is 0 Å². The second-order valence-electron chi connectivity index (χ2n) is 7.26. The zero-order valence-corrected chi connectivity index (χ0v) is 13.1. The van der Waals surface area contributed by atoms with E-state index in [2.05, 4.69) is 9.80 Å². The summed E-state index contributed by atoms with van der Waals surface area (Å²) in [4.78, 5) is 5.51. The highest BCUT2D eigenvalue weighted by Gasteiger charge is 2.34. The van der Waals surface area contributed by atoms with E-state index in [0.29, 0.717) is 12.1 Å². The van der Waals surface area contributed by atoms with Gasteiger partial charge in [-0.15, -0.1) is 0 Å². The van der Waals surface area contributed by atoms with Crippen LogP contribution in [0.1, 0.15) is 64.2 Å². The van der Waals surface area contributed by atoms with Crippen LogP contribution in [-0.2, 0) is 0 Å². The molecule has 3 heteroatoms. The molecule has 2 aliphatic heterocycles. The summed E-state index contributed by atoms with van der Waals surface area (Å²) in [5, 5.41) is 0. The molecule has 2 saturated heterocycles. The fraction of sp³-hybridized carbons (Fsp3) is 1.00. The molecule has 1 saturated carbocycles. The van der Waals surface area contributed by atoms with Gasteiger partial charge >= 0.3 is 0 Å². The third-order valence-corrected chi connectivity index (χ3v) is 5.85. The predicted octanol–water partition coefficient (Wildman–Crippen LogP) is 2.60. The molecule has 0 aromatic rings. The molecule has 3 unspecified atom stereocenters. The minimum atomic E-state index is 0.426. The summed E-state index contributed by atoms with van der Waals surface area (Å²) in [6, 6.07) is 1.92. The van der Waals surface area contributed by atoms with Gasteiger partial charge in [-0.05, 0) is 45.2 Å². The Hall–Kier alpha value is -0.120. The third-order valence-electron chi connectivity index (χ3n) is 5.85. The Labute approximate surface area is 124 Å². The zero-order valence-electron chi connectivity index (χ0n) is 13.1. The van der Waals surface area contributed by atoms with Gasteiger partial charge in [-0.3, -0.25) is 9.80 Å². The van der Waals surface area contributed by atoms with Gasteiger partial charge in [0.05, 0.1) is 0 Å². The van der Waals surface area contributed by atoms with Crippen LogP contribution in [0.25, 0.3) is 0 Å². The van der Waals surface area contributed by atoms with Gasteiger partial charge in [-0.2, -0.15) is 0 Å². The molecule has 2 N–H and O–H groups in total. The quantitative estimate of drug-likeness (QED) is 0.843. The minimum Gasteiger partial charge on any atom is -0.326 e. The van der Waals surface area contributed by atoms with Crippen molar-refractivity contribution < 1.29 is 0 Å². The van der Waals surface area contributed by atoms with Crippen LogP contribution in [-0.4, -0.2) is 54.1 Å². The highest BCUT2D eigenvalue weighted by atomic mass is 15.3. The molecule has 0 aromatic carbocycles. The molecule has 3 rings (SSSR count). The van der Waals surface area contributed by atoms with Crippen LogP contribution in [0.5, 0.6) is 0 Å². The zero-order chi connectivity index (χ0) is 13.8. The van der Waals surface area contributed by atoms with Crippen molar-refractivity contribution in [2.45, 2.75) is 82.3 Å². The average molecular weight is 279 g/mol. The first-order valence-electron chi connectivity index (χ1n) is 9.08. The number of piperidine rings is 1. The van der Waals surface area contributed by atoms with Crippen molar-refractivity contribution in [2.75, 3.05) is 26.2 Å². The summed E-state index contributed by atoms with van der Waals surface area (Å²) in [6.45, 7) is 5.27. The van der Waals surface area contributed by atoms with E-state index >= 15 is 0 Å². The molecule has 0 aromatic heterocycles. The smallest absolute Gasteiger partial charge is 0.0247 e. The second-order valence-corrected chi connectivity index (χ2v) is 7.26. The Morgan fingerprint density at radius 2 is 1.35 bits per heavy atom. The molecule has 116 valence electrons. The van der Waals surface area contributed by atoms with Crippen LogP contribution in [0.3, 0.4) is 0 Å². The molecule has 0 amide bonds. The van der Waals surface area contributed by atoms with Crippen LogP contribution >= 0.6 is 0 Å². The Kier molecular flexibility index (Phi) is 5.36. The molecule has 20 heavy (non-hydrogen) atoms. The predicted molar refractivity (Wildman–Crippen MR) is 84.9 cm³/mol. The summed E-state index contributed by atoms with van der Waals surface area (Å²) < 4.78 is 0. The lowest BCUT2D eigenvalue weighted by atomic mass is 9.92. The largest absolute Gasteiger partial charge is 0.326 e. The maximum Gasteiger partial charge on any atom is 0.0247 e. The number of hydrogen-bond acceptors (Lipinski definition) is 3. The van der Waals surface area contributed by atoms with Gasteiger partial charge in [-0.25, -0.2) is 0 Å². The number of rotatable bonds is 2. The summed E-state index contributed by atoms with van der Waals surface area (Å²) in [5.41, 5.74) is 6.50. The van der Waals surface area contributed by atoms with Crippen molar-refractivity contribution in [3.8, 4) is 0 Å². The van der Waals surface area contributed by atoms with Gasteiger partial charge in [0.25, 0.3) is 0 Å². The Bertz CT molecular complexity index is 288. The second kappa shape index (κ2) is 7.24. The highest BCUT2D eigenvalue weighted by Crippen LogP contribution is 2.27. The van der Waals surface area contributed by atoms with Gasteiger partial charge in [-0.1, -0.05) is 32.1 Å². The van der Waals surface area contributed by atoms with Crippen LogP contribution in [0.15, 0.2) is 0 Å². The molecular formula is C17H33N3. The number of nitrogens with two attached hydrogens (primary N) is 1.